The third-order valence-corrected chi connectivity index (χ3v) is 4.66. The third-order valence-electron chi connectivity index (χ3n) is 4.66. The molecule has 2 saturated heterocycles. The summed E-state index contributed by atoms with van der Waals surface area (Å²) < 4.78 is 0. The first-order valence-corrected chi connectivity index (χ1v) is 7.62. The van der Waals surface area contributed by atoms with Gasteiger partial charge in [-0.15, -0.1) is 0 Å². The largest absolute Gasteiger partial charge is 0.358 e. The van der Waals surface area contributed by atoms with Crippen LogP contribution in [0.5, 0.6) is 0 Å². The standard InChI is InChI=1S/C15H23N5O/c1-10(2)20-12(14(21)16-3)7-11-8-19(9-13(11)20)15-17-5-4-6-18-15/h4-6,10-13H,7-9H2,1-3H3,(H,16,21)/t11-,12-,13+/m0/s1. The fourth-order valence-electron chi connectivity index (χ4n) is 3.83. The van der Waals surface area contributed by atoms with E-state index in [4.69, 9.17) is 0 Å². The fraction of sp³-hybridized carbons (Fsp3) is 0.667. The predicted octanol–water partition coefficient (Wildman–Crippen LogP) is 0.510. The number of likely N-dealkylation sites (N-methyl/N-ethyl adjacent to an activating group) is 1. The third kappa shape index (κ3) is 2.48. The monoisotopic (exact) mass is 289 g/mol. The Kier molecular flexibility index (Phi) is 3.80. The highest BCUT2D eigenvalue weighted by atomic mass is 16.2. The van der Waals surface area contributed by atoms with Gasteiger partial charge in [-0.1, -0.05) is 0 Å². The van der Waals surface area contributed by atoms with Crippen molar-refractivity contribution in [1.29, 1.82) is 0 Å². The Morgan fingerprint density at radius 3 is 2.67 bits per heavy atom. The van der Waals surface area contributed by atoms with Crippen molar-refractivity contribution in [3.8, 4) is 0 Å². The van der Waals surface area contributed by atoms with Gasteiger partial charge in [0, 0.05) is 44.6 Å². The summed E-state index contributed by atoms with van der Waals surface area (Å²) in [6.07, 6.45) is 4.49. The zero-order chi connectivity index (χ0) is 15.0. The maximum atomic E-state index is 12.1. The number of nitrogens with one attached hydrogen (secondary N) is 1. The smallest absolute Gasteiger partial charge is 0.237 e. The maximum absolute atomic E-state index is 12.1. The van der Waals surface area contributed by atoms with Crippen LogP contribution in [0.2, 0.25) is 0 Å². The van der Waals surface area contributed by atoms with Gasteiger partial charge in [0.1, 0.15) is 0 Å². The molecule has 0 radical (unpaired) electrons. The van der Waals surface area contributed by atoms with E-state index in [0.717, 1.165) is 25.5 Å². The first kappa shape index (κ1) is 14.3. The Morgan fingerprint density at radius 1 is 1.33 bits per heavy atom. The van der Waals surface area contributed by atoms with Crippen LogP contribution in [0.3, 0.4) is 0 Å². The molecule has 0 saturated carbocycles. The van der Waals surface area contributed by atoms with Crippen LogP contribution in [0, 0.1) is 5.92 Å². The number of rotatable bonds is 3. The molecule has 0 bridgehead atoms. The SMILES string of the molecule is CNC(=O)[C@@H]1C[C@H]2CN(c3ncccn3)C[C@H]2N1C(C)C. The quantitative estimate of drug-likeness (QED) is 0.878. The molecule has 1 N–H and O–H groups in total. The molecule has 2 aliphatic rings. The summed E-state index contributed by atoms with van der Waals surface area (Å²) >= 11 is 0. The second-order valence-electron chi connectivity index (χ2n) is 6.19. The Morgan fingerprint density at radius 2 is 2.05 bits per heavy atom. The highest BCUT2D eigenvalue weighted by molar-refractivity contribution is 5.82. The number of anilines is 1. The van der Waals surface area contributed by atoms with Gasteiger partial charge in [-0.2, -0.15) is 0 Å². The minimum Gasteiger partial charge on any atom is -0.358 e. The van der Waals surface area contributed by atoms with Gasteiger partial charge in [0.25, 0.3) is 0 Å². The molecule has 0 unspecified atom stereocenters. The molecule has 0 aromatic carbocycles. The molecule has 21 heavy (non-hydrogen) atoms. The van der Waals surface area contributed by atoms with E-state index in [2.05, 4.69) is 38.9 Å². The molecule has 3 atom stereocenters. The number of fused-ring (bicyclic) bond motifs is 1. The van der Waals surface area contributed by atoms with Crippen molar-refractivity contribution in [2.45, 2.75) is 38.4 Å². The average Bonchev–Trinajstić information content (AvgIpc) is 3.04. The van der Waals surface area contributed by atoms with Crippen LogP contribution in [0.1, 0.15) is 20.3 Å². The van der Waals surface area contributed by atoms with Gasteiger partial charge in [-0.25, -0.2) is 9.97 Å². The summed E-state index contributed by atoms with van der Waals surface area (Å²) in [4.78, 5) is 25.4. The number of amides is 1. The van der Waals surface area contributed by atoms with Crippen LogP contribution in [0.15, 0.2) is 18.5 Å². The maximum Gasteiger partial charge on any atom is 0.237 e. The van der Waals surface area contributed by atoms with Gasteiger partial charge < -0.3 is 10.2 Å². The van der Waals surface area contributed by atoms with Crippen molar-refractivity contribution >= 4 is 11.9 Å². The van der Waals surface area contributed by atoms with Gasteiger partial charge in [-0.3, -0.25) is 9.69 Å². The lowest BCUT2D eigenvalue weighted by Gasteiger charge is -2.33. The number of aromatic nitrogens is 2. The van der Waals surface area contributed by atoms with E-state index in [9.17, 15) is 4.79 Å². The van der Waals surface area contributed by atoms with Crippen LogP contribution in [-0.2, 0) is 4.79 Å². The first-order valence-electron chi connectivity index (χ1n) is 7.62. The lowest BCUT2D eigenvalue weighted by Crippen LogP contribution is -2.50. The summed E-state index contributed by atoms with van der Waals surface area (Å²) in [6, 6.07) is 2.61. The van der Waals surface area contributed by atoms with Crippen molar-refractivity contribution in [1.82, 2.24) is 20.2 Å². The number of hydrogen-bond acceptors (Lipinski definition) is 5. The van der Waals surface area contributed by atoms with Gasteiger partial charge in [0.15, 0.2) is 0 Å². The summed E-state index contributed by atoms with van der Waals surface area (Å²) in [5.41, 5.74) is 0. The Bertz CT molecular complexity index is 506. The molecule has 2 aliphatic heterocycles. The van der Waals surface area contributed by atoms with E-state index in [1.165, 1.54) is 0 Å². The summed E-state index contributed by atoms with van der Waals surface area (Å²) in [6.45, 7) is 6.17. The van der Waals surface area contributed by atoms with Gasteiger partial charge in [-0.05, 0) is 32.3 Å². The number of carbonyl (C=O) groups excluding carboxylic acids is 1. The van der Waals surface area contributed by atoms with Crippen molar-refractivity contribution in [2.75, 3.05) is 25.0 Å². The minimum atomic E-state index is 0.00356. The van der Waals surface area contributed by atoms with Crippen LogP contribution in [0.4, 0.5) is 5.95 Å². The molecule has 1 aromatic heterocycles. The molecule has 3 heterocycles. The lowest BCUT2D eigenvalue weighted by atomic mass is 10.0. The van der Waals surface area contributed by atoms with E-state index in [-0.39, 0.29) is 11.9 Å². The second kappa shape index (κ2) is 5.60. The Hall–Kier alpha value is -1.69. The summed E-state index contributed by atoms with van der Waals surface area (Å²) in [5.74, 6) is 1.45. The van der Waals surface area contributed by atoms with Gasteiger partial charge in [0.2, 0.25) is 11.9 Å². The van der Waals surface area contributed by atoms with Gasteiger partial charge >= 0.3 is 0 Å². The molecule has 0 spiro atoms. The molecular weight excluding hydrogens is 266 g/mol. The number of nitrogens with zero attached hydrogens (tertiary/aromatic N) is 4. The van der Waals surface area contributed by atoms with Crippen LogP contribution in [-0.4, -0.2) is 59.0 Å². The zero-order valence-corrected chi connectivity index (χ0v) is 12.9. The number of likely N-dealkylation sites (tertiary alicyclic amines) is 1. The summed E-state index contributed by atoms with van der Waals surface area (Å²) in [7, 11) is 1.72. The van der Waals surface area contributed by atoms with Crippen molar-refractivity contribution < 1.29 is 4.79 Å². The molecule has 2 fully saturated rings. The molecule has 6 nitrogen and oxygen atoms in total. The van der Waals surface area contributed by atoms with E-state index in [1.54, 1.807) is 19.4 Å². The van der Waals surface area contributed by atoms with E-state index in [1.807, 2.05) is 6.07 Å². The molecule has 1 amide bonds. The minimum absolute atomic E-state index is 0.00356. The predicted molar refractivity (Wildman–Crippen MR) is 81.0 cm³/mol. The number of hydrogen-bond donors (Lipinski definition) is 1. The first-order chi connectivity index (χ1) is 10.1. The molecular formula is C15H23N5O. The molecule has 114 valence electrons. The Balaban J connectivity index is 1.78. The van der Waals surface area contributed by atoms with Crippen molar-refractivity contribution in [2.24, 2.45) is 5.92 Å². The normalized spacial score (nSPS) is 29.0. The van der Waals surface area contributed by atoms with Gasteiger partial charge in [0.05, 0.1) is 6.04 Å². The van der Waals surface area contributed by atoms with Crippen LogP contribution >= 0.6 is 0 Å². The molecule has 1 aromatic rings. The number of carbonyl (C=O) groups is 1. The van der Waals surface area contributed by atoms with Crippen molar-refractivity contribution in [3.05, 3.63) is 18.5 Å². The average molecular weight is 289 g/mol. The second-order valence-corrected chi connectivity index (χ2v) is 6.19. The van der Waals surface area contributed by atoms with E-state index >= 15 is 0 Å². The zero-order valence-electron chi connectivity index (χ0n) is 12.9. The molecule has 6 heteroatoms. The van der Waals surface area contributed by atoms with Crippen LogP contribution in [0.25, 0.3) is 0 Å². The highest BCUT2D eigenvalue weighted by Gasteiger charge is 2.49. The summed E-state index contributed by atoms with van der Waals surface area (Å²) in [5, 5.41) is 2.81. The Labute approximate surface area is 125 Å². The van der Waals surface area contributed by atoms with Crippen LogP contribution < -0.4 is 10.2 Å². The molecule has 0 aliphatic carbocycles. The fourth-order valence-corrected chi connectivity index (χ4v) is 3.83. The van der Waals surface area contributed by atoms with E-state index < -0.39 is 0 Å². The lowest BCUT2D eigenvalue weighted by molar-refractivity contribution is -0.126. The van der Waals surface area contributed by atoms with Crippen molar-refractivity contribution in [3.63, 3.8) is 0 Å². The molecule has 3 rings (SSSR count). The van der Waals surface area contributed by atoms with E-state index in [0.29, 0.717) is 18.0 Å². The highest BCUT2D eigenvalue weighted by Crippen LogP contribution is 2.38. The topological polar surface area (TPSA) is 61.4 Å².